The van der Waals surface area contributed by atoms with E-state index in [0.29, 0.717) is 36.2 Å². The smallest absolute Gasteiger partial charge is 0.251 e. The summed E-state index contributed by atoms with van der Waals surface area (Å²) in [5, 5.41) is 5.68. The highest BCUT2D eigenvalue weighted by Gasteiger charge is 2.34. The molecule has 5 heteroatoms. The van der Waals surface area contributed by atoms with E-state index < -0.39 is 5.92 Å². The van der Waals surface area contributed by atoms with Crippen LogP contribution in [0.4, 0.5) is 5.69 Å². The van der Waals surface area contributed by atoms with Crippen LogP contribution in [0.1, 0.15) is 38.3 Å². The lowest BCUT2D eigenvalue weighted by atomic mass is 9.86. The summed E-state index contributed by atoms with van der Waals surface area (Å²) in [6.45, 7) is 0.404. The maximum atomic E-state index is 13.0. The van der Waals surface area contributed by atoms with Crippen LogP contribution in [0.15, 0.2) is 78.9 Å². The fraction of sp³-hybridized carbons (Fsp3) is 0.160. The van der Waals surface area contributed by atoms with Crippen molar-refractivity contribution < 1.29 is 14.4 Å². The molecule has 0 fully saturated rings. The molecule has 2 N–H and O–H groups in total. The molecule has 1 unspecified atom stereocenters. The number of benzene rings is 3. The average molecular weight is 398 g/mol. The highest BCUT2D eigenvalue weighted by molar-refractivity contribution is 6.21. The summed E-state index contributed by atoms with van der Waals surface area (Å²) in [5.41, 5.74) is 3.32. The standard InChI is InChI=1S/C25H22N2O3/c28-23-20(13-11-17-7-3-1-4-8-17)25(30)27-22-14-12-19(15-21(22)23)24(29)26-16-18-9-5-2-6-10-18/h1-10,12,14-15,20H,11,13,16H2,(H,26,29)(H,27,30). The van der Waals surface area contributed by atoms with Crippen molar-refractivity contribution in [2.24, 2.45) is 5.92 Å². The topological polar surface area (TPSA) is 75.3 Å². The first-order valence-corrected chi connectivity index (χ1v) is 9.97. The number of hydrogen-bond acceptors (Lipinski definition) is 3. The van der Waals surface area contributed by atoms with Crippen molar-refractivity contribution in [2.45, 2.75) is 19.4 Å². The van der Waals surface area contributed by atoms with Gasteiger partial charge in [-0.2, -0.15) is 0 Å². The Balaban J connectivity index is 1.47. The molecule has 5 nitrogen and oxygen atoms in total. The van der Waals surface area contributed by atoms with E-state index in [4.69, 9.17) is 0 Å². The first-order chi connectivity index (χ1) is 14.6. The highest BCUT2D eigenvalue weighted by atomic mass is 16.2. The van der Waals surface area contributed by atoms with Crippen molar-refractivity contribution in [3.05, 3.63) is 101 Å². The predicted octanol–water partition coefficient (Wildman–Crippen LogP) is 4.00. The van der Waals surface area contributed by atoms with Crippen LogP contribution in [0.3, 0.4) is 0 Å². The van der Waals surface area contributed by atoms with Gasteiger partial charge in [0.2, 0.25) is 5.91 Å². The first-order valence-electron chi connectivity index (χ1n) is 9.97. The molecule has 4 rings (SSSR count). The molecule has 3 aromatic carbocycles. The Labute approximate surface area is 175 Å². The van der Waals surface area contributed by atoms with Crippen LogP contribution in [0.25, 0.3) is 0 Å². The van der Waals surface area contributed by atoms with Crippen molar-refractivity contribution in [3.8, 4) is 0 Å². The van der Waals surface area contributed by atoms with E-state index in [-0.39, 0.29) is 17.6 Å². The van der Waals surface area contributed by atoms with Gasteiger partial charge in [-0.25, -0.2) is 0 Å². The Morgan fingerprint density at radius 1 is 0.867 bits per heavy atom. The molecule has 0 aliphatic carbocycles. The van der Waals surface area contributed by atoms with Crippen LogP contribution in [0.2, 0.25) is 0 Å². The van der Waals surface area contributed by atoms with Gasteiger partial charge in [0.15, 0.2) is 5.78 Å². The lowest BCUT2D eigenvalue weighted by Crippen LogP contribution is -2.36. The zero-order valence-corrected chi connectivity index (χ0v) is 16.4. The third-order valence-electron chi connectivity index (χ3n) is 5.30. The van der Waals surface area contributed by atoms with E-state index >= 15 is 0 Å². The van der Waals surface area contributed by atoms with Crippen LogP contribution in [-0.4, -0.2) is 17.6 Å². The van der Waals surface area contributed by atoms with Gasteiger partial charge in [0.05, 0.1) is 5.69 Å². The lowest BCUT2D eigenvalue weighted by Gasteiger charge is -2.24. The molecule has 0 radical (unpaired) electrons. The summed E-state index contributed by atoms with van der Waals surface area (Å²) in [4.78, 5) is 38.0. The van der Waals surface area contributed by atoms with E-state index in [1.165, 1.54) is 0 Å². The number of carbonyl (C=O) groups is 3. The molecule has 1 atom stereocenters. The van der Waals surface area contributed by atoms with Gasteiger partial charge < -0.3 is 10.6 Å². The Bertz CT molecular complexity index is 1080. The number of hydrogen-bond donors (Lipinski definition) is 2. The summed E-state index contributed by atoms with van der Waals surface area (Å²) in [6.07, 6.45) is 1.07. The second-order valence-electron chi connectivity index (χ2n) is 7.36. The van der Waals surface area contributed by atoms with Crippen LogP contribution in [0.5, 0.6) is 0 Å². The average Bonchev–Trinajstić information content (AvgIpc) is 2.78. The first kappa shape index (κ1) is 19.6. The maximum Gasteiger partial charge on any atom is 0.251 e. The second kappa shape index (κ2) is 8.74. The minimum atomic E-state index is -0.750. The van der Waals surface area contributed by atoms with Crippen molar-refractivity contribution in [2.75, 3.05) is 5.32 Å². The highest BCUT2D eigenvalue weighted by Crippen LogP contribution is 2.29. The van der Waals surface area contributed by atoms with Gasteiger partial charge in [-0.05, 0) is 42.2 Å². The molecule has 1 heterocycles. The molecule has 0 bridgehead atoms. The zero-order chi connectivity index (χ0) is 20.9. The van der Waals surface area contributed by atoms with Crippen LogP contribution in [-0.2, 0) is 17.8 Å². The number of amides is 2. The van der Waals surface area contributed by atoms with E-state index in [1.807, 2.05) is 60.7 Å². The summed E-state index contributed by atoms with van der Waals surface area (Å²) in [7, 11) is 0. The predicted molar refractivity (Wildman–Crippen MR) is 115 cm³/mol. The Morgan fingerprint density at radius 2 is 1.53 bits per heavy atom. The number of nitrogens with one attached hydrogen (secondary N) is 2. The SMILES string of the molecule is O=C(NCc1ccccc1)c1ccc2c(c1)C(=O)C(CCc1ccccc1)C(=O)N2. The van der Waals surface area contributed by atoms with E-state index in [2.05, 4.69) is 10.6 Å². The fourth-order valence-electron chi connectivity index (χ4n) is 3.62. The third-order valence-corrected chi connectivity index (χ3v) is 5.30. The second-order valence-corrected chi connectivity index (χ2v) is 7.36. The number of aryl methyl sites for hydroxylation is 1. The maximum absolute atomic E-state index is 13.0. The minimum Gasteiger partial charge on any atom is -0.348 e. The molecule has 0 spiro atoms. The van der Waals surface area contributed by atoms with Crippen molar-refractivity contribution in [3.63, 3.8) is 0 Å². The molecule has 2 amide bonds. The Morgan fingerprint density at radius 3 is 2.23 bits per heavy atom. The van der Waals surface area contributed by atoms with E-state index in [1.54, 1.807) is 18.2 Å². The van der Waals surface area contributed by atoms with Gasteiger partial charge in [-0.15, -0.1) is 0 Å². The Kier molecular flexibility index (Phi) is 5.70. The number of rotatable bonds is 6. The van der Waals surface area contributed by atoms with Crippen molar-refractivity contribution in [1.82, 2.24) is 5.32 Å². The number of ketones is 1. The number of fused-ring (bicyclic) bond motifs is 1. The van der Waals surface area contributed by atoms with Crippen LogP contribution in [0, 0.1) is 5.92 Å². The van der Waals surface area contributed by atoms with Crippen molar-refractivity contribution >= 4 is 23.3 Å². The molecule has 3 aromatic rings. The molecule has 30 heavy (non-hydrogen) atoms. The molecule has 150 valence electrons. The van der Waals surface area contributed by atoms with Gasteiger partial charge in [-0.3, -0.25) is 14.4 Å². The van der Waals surface area contributed by atoms with Crippen molar-refractivity contribution in [1.29, 1.82) is 0 Å². The molecular formula is C25H22N2O3. The normalized spacial score (nSPS) is 15.3. The van der Waals surface area contributed by atoms with Crippen LogP contribution < -0.4 is 10.6 Å². The zero-order valence-electron chi connectivity index (χ0n) is 16.4. The molecule has 1 aliphatic rings. The molecule has 1 aliphatic heterocycles. The monoisotopic (exact) mass is 398 g/mol. The Hall–Kier alpha value is -3.73. The number of anilines is 1. The molecular weight excluding hydrogens is 376 g/mol. The van der Waals surface area contributed by atoms with Gasteiger partial charge in [0.1, 0.15) is 5.92 Å². The summed E-state index contributed by atoms with van der Waals surface area (Å²) < 4.78 is 0. The molecule has 0 aromatic heterocycles. The largest absolute Gasteiger partial charge is 0.348 e. The fourth-order valence-corrected chi connectivity index (χ4v) is 3.62. The van der Waals surface area contributed by atoms with Gasteiger partial charge in [0.25, 0.3) is 5.91 Å². The number of Topliss-reactive ketones (excluding diaryl/α,β-unsaturated/α-hetero) is 1. The quantitative estimate of drug-likeness (QED) is 0.616. The number of carbonyl (C=O) groups excluding carboxylic acids is 3. The summed E-state index contributed by atoms with van der Waals surface area (Å²) >= 11 is 0. The van der Waals surface area contributed by atoms with Gasteiger partial charge >= 0.3 is 0 Å². The minimum absolute atomic E-state index is 0.234. The molecule has 0 saturated carbocycles. The van der Waals surface area contributed by atoms with Crippen LogP contribution >= 0.6 is 0 Å². The third kappa shape index (κ3) is 4.30. The summed E-state index contributed by atoms with van der Waals surface area (Å²) in [5.74, 6) is -1.53. The van der Waals surface area contributed by atoms with E-state index in [0.717, 1.165) is 11.1 Å². The summed E-state index contributed by atoms with van der Waals surface area (Å²) in [6, 6.07) is 24.2. The van der Waals surface area contributed by atoms with Gasteiger partial charge in [-0.1, -0.05) is 60.7 Å². The lowest BCUT2D eigenvalue weighted by molar-refractivity contribution is -0.118. The van der Waals surface area contributed by atoms with E-state index in [9.17, 15) is 14.4 Å². The molecule has 0 saturated heterocycles. The van der Waals surface area contributed by atoms with Gasteiger partial charge in [0, 0.05) is 17.7 Å².